The van der Waals surface area contributed by atoms with Crippen molar-refractivity contribution in [2.75, 3.05) is 12.8 Å². The average Bonchev–Trinajstić information content (AvgIpc) is 2.66. The molecule has 1 aliphatic carbocycles. The summed E-state index contributed by atoms with van der Waals surface area (Å²) in [5.74, 6) is -0.344. The number of oxime groups is 1. The number of thiophene rings is 1. The third-order valence-electron chi connectivity index (χ3n) is 2.89. The van der Waals surface area contributed by atoms with Crippen molar-refractivity contribution < 1.29 is 14.4 Å². The fraction of sp³-hybridized carbons (Fsp3) is 0.538. The lowest BCUT2D eigenvalue weighted by Crippen LogP contribution is -2.16. The molecule has 0 bridgehead atoms. The number of hydrogen-bond acceptors (Lipinski definition) is 6. The topological polar surface area (TPSA) is 73.9 Å². The van der Waals surface area contributed by atoms with Crippen LogP contribution in [-0.4, -0.2) is 24.9 Å². The van der Waals surface area contributed by atoms with Gasteiger partial charge in [0.05, 0.1) is 22.3 Å². The van der Waals surface area contributed by atoms with Crippen molar-refractivity contribution in [3.8, 4) is 0 Å². The first-order chi connectivity index (χ1) is 9.04. The van der Waals surface area contributed by atoms with Crippen LogP contribution in [0.3, 0.4) is 0 Å². The first kappa shape index (κ1) is 13.9. The molecule has 0 atom stereocenters. The first-order valence-electron chi connectivity index (χ1n) is 6.27. The SMILES string of the molecule is CON=C1CCCc2c1sc(N)c2C(=O)OC(C)C. The second-order valence-electron chi connectivity index (χ2n) is 4.68. The maximum absolute atomic E-state index is 12.1. The maximum Gasteiger partial charge on any atom is 0.341 e. The predicted octanol–water partition coefficient (Wildman–Crippen LogP) is 2.58. The smallest absolute Gasteiger partial charge is 0.341 e. The van der Waals surface area contributed by atoms with E-state index in [1.807, 2.05) is 13.8 Å². The van der Waals surface area contributed by atoms with Crippen LogP contribution in [0, 0.1) is 0 Å². The van der Waals surface area contributed by atoms with Crippen LogP contribution in [0.4, 0.5) is 5.00 Å². The van der Waals surface area contributed by atoms with Gasteiger partial charge < -0.3 is 15.3 Å². The van der Waals surface area contributed by atoms with Crippen LogP contribution >= 0.6 is 11.3 Å². The van der Waals surface area contributed by atoms with Gasteiger partial charge in [-0.15, -0.1) is 11.3 Å². The molecule has 1 aliphatic rings. The zero-order valence-electron chi connectivity index (χ0n) is 11.4. The fourth-order valence-corrected chi connectivity index (χ4v) is 3.31. The Morgan fingerprint density at radius 3 is 2.79 bits per heavy atom. The summed E-state index contributed by atoms with van der Waals surface area (Å²) in [4.78, 5) is 17.9. The molecule has 0 unspecified atom stereocenters. The van der Waals surface area contributed by atoms with E-state index in [0.29, 0.717) is 10.6 Å². The zero-order chi connectivity index (χ0) is 14.0. The minimum Gasteiger partial charge on any atom is -0.459 e. The van der Waals surface area contributed by atoms with Gasteiger partial charge in [0.1, 0.15) is 12.1 Å². The maximum atomic E-state index is 12.1. The molecule has 0 spiro atoms. The Morgan fingerprint density at radius 2 is 2.16 bits per heavy atom. The Hall–Kier alpha value is -1.56. The highest BCUT2D eigenvalue weighted by atomic mass is 32.1. The summed E-state index contributed by atoms with van der Waals surface area (Å²) in [6.07, 6.45) is 2.46. The van der Waals surface area contributed by atoms with E-state index in [1.54, 1.807) is 0 Å². The molecule has 19 heavy (non-hydrogen) atoms. The standard InChI is InChI=1S/C13H18N2O3S/c1-7(2)18-13(16)10-8-5-4-6-9(15-17-3)11(8)19-12(10)14/h7H,4-6,14H2,1-3H3. The van der Waals surface area contributed by atoms with Crippen molar-refractivity contribution in [3.63, 3.8) is 0 Å². The number of carbonyl (C=O) groups excluding carboxylic acids is 1. The highest BCUT2D eigenvalue weighted by molar-refractivity contribution is 7.18. The van der Waals surface area contributed by atoms with E-state index in [4.69, 9.17) is 15.3 Å². The average molecular weight is 282 g/mol. The van der Waals surface area contributed by atoms with E-state index in [1.165, 1.54) is 18.4 Å². The molecule has 0 saturated heterocycles. The van der Waals surface area contributed by atoms with Gasteiger partial charge in [0.2, 0.25) is 0 Å². The molecule has 0 aliphatic heterocycles. The van der Waals surface area contributed by atoms with E-state index in [9.17, 15) is 4.79 Å². The molecule has 5 nitrogen and oxygen atoms in total. The summed E-state index contributed by atoms with van der Waals surface area (Å²) in [5, 5.41) is 4.52. The number of nitrogens with zero attached hydrogens (tertiary/aromatic N) is 1. The first-order valence-corrected chi connectivity index (χ1v) is 7.08. The minimum atomic E-state index is -0.344. The molecular formula is C13H18N2O3S. The fourth-order valence-electron chi connectivity index (χ4n) is 2.20. The molecule has 2 N–H and O–H groups in total. The van der Waals surface area contributed by atoms with Crippen LogP contribution in [0.1, 0.15) is 47.5 Å². The van der Waals surface area contributed by atoms with Crippen LogP contribution in [0.5, 0.6) is 0 Å². The van der Waals surface area contributed by atoms with Gasteiger partial charge in [-0.05, 0) is 38.7 Å². The Balaban J connectivity index is 2.42. The second-order valence-corrected chi connectivity index (χ2v) is 5.73. The van der Waals surface area contributed by atoms with Crippen molar-refractivity contribution in [2.45, 2.75) is 39.2 Å². The monoisotopic (exact) mass is 282 g/mol. The molecule has 1 aromatic rings. The van der Waals surface area contributed by atoms with Crippen LogP contribution in [0.2, 0.25) is 0 Å². The Labute approximate surface area is 116 Å². The molecule has 0 amide bonds. The predicted molar refractivity (Wildman–Crippen MR) is 75.8 cm³/mol. The lowest BCUT2D eigenvalue weighted by Gasteiger charge is -2.14. The van der Waals surface area contributed by atoms with Crippen LogP contribution < -0.4 is 5.73 Å². The van der Waals surface area contributed by atoms with Gasteiger partial charge in [0, 0.05) is 0 Å². The molecule has 6 heteroatoms. The Bertz CT molecular complexity index is 520. The number of rotatable bonds is 3. The number of nitrogen functional groups attached to an aromatic ring is 1. The summed E-state index contributed by atoms with van der Waals surface area (Å²) in [7, 11) is 1.52. The van der Waals surface area contributed by atoms with Gasteiger partial charge in [-0.3, -0.25) is 0 Å². The van der Waals surface area contributed by atoms with Crippen molar-refractivity contribution in [1.82, 2.24) is 0 Å². The molecule has 1 aromatic heterocycles. The molecule has 0 aromatic carbocycles. The van der Waals surface area contributed by atoms with E-state index in [2.05, 4.69) is 5.16 Å². The van der Waals surface area contributed by atoms with E-state index in [-0.39, 0.29) is 12.1 Å². The molecule has 0 radical (unpaired) electrons. The van der Waals surface area contributed by atoms with Crippen molar-refractivity contribution in [1.29, 1.82) is 0 Å². The number of ether oxygens (including phenoxy) is 1. The Kier molecular flexibility index (Phi) is 4.09. The van der Waals surface area contributed by atoms with E-state index in [0.717, 1.165) is 35.4 Å². The quantitative estimate of drug-likeness (QED) is 0.683. The zero-order valence-corrected chi connectivity index (χ0v) is 12.2. The number of anilines is 1. The Morgan fingerprint density at radius 1 is 1.42 bits per heavy atom. The summed E-state index contributed by atoms with van der Waals surface area (Å²) in [6.45, 7) is 3.65. The van der Waals surface area contributed by atoms with Gasteiger partial charge >= 0.3 is 5.97 Å². The van der Waals surface area contributed by atoms with Crippen LogP contribution in [0.25, 0.3) is 0 Å². The number of nitrogens with two attached hydrogens (primary N) is 1. The molecule has 2 rings (SSSR count). The molecule has 0 fully saturated rings. The highest BCUT2D eigenvalue weighted by Gasteiger charge is 2.28. The summed E-state index contributed by atoms with van der Waals surface area (Å²) < 4.78 is 5.25. The van der Waals surface area contributed by atoms with Gasteiger partial charge in [-0.1, -0.05) is 5.16 Å². The molecular weight excluding hydrogens is 264 g/mol. The second kappa shape index (κ2) is 5.61. The molecule has 0 saturated carbocycles. The van der Waals surface area contributed by atoms with Crippen LogP contribution in [0.15, 0.2) is 5.16 Å². The normalized spacial score (nSPS) is 16.5. The molecule has 1 heterocycles. The minimum absolute atomic E-state index is 0.154. The van der Waals surface area contributed by atoms with Gasteiger partial charge in [0.25, 0.3) is 0 Å². The van der Waals surface area contributed by atoms with Gasteiger partial charge in [-0.25, -0.2) is 4.79 Å². The number of carbonyl (C=O) groups is 1. The molecule has 104 valence electrons. The summed E-state index contributed by atoms with van der Waals surface area (Å²) in [6, 6.07) is 0. The van der Waals surface area contributed by atoms with E-state index >= 15 is 0 Å². The van der Waals surface area contributed by atoms with Crippen molar-refractivity contribution in [3.05, 3.63) is 16.0 Å². The number of esters is 1. The van der Waals surface area contributed by atoms with E-state index < -0.39 is 0 Å². The number of hydrogen-bond donors (Lipinski definition) is 1. The summed E-state index contributed by atoms with van der Waals surface area (Å²) >= 11 is 1.39. The van der Waals surface area contributed by atoms with Gasteiger partial charge in [0.15, 0.2) is 0 Å². The third kappa shape index (κ3) is 2.73. The van der Waals surface area contributed by atoms with Crippen LogP contribution in [-0.2, 0) is 16.0 Å². The van der Waals surface area contributed by atoms with Crippen molar-refractivity contribution in [2.24, 2.45) is 5.16 Å². The highest BCUT2D eigenvalue weighted by Crippen LogP contribution is 2.37. The lowest BCUT2D eigenvalue weighted by molar-refractivity contribution is 0.0378. The van der Waals surface area contributed by atoms with Crippen molar-refractivity contribution >= 4 is 28.0 Å². The largest absolute Gasteiger partial charge is 0.459 e. The lowest BCUT2D eigenvalue weighted by atomic mass is 9.94. The summed E-state index contributed by atoms with van der Waals surface area (Å²) in [5.41, 5.74) is 8.31. The third-order valence-corrected chi connectivity index (χ3v) is 4.00. The van der Waals surface area contributed by atoms with Gasteiger partial charge in [-0.2, -0.15) is 0 Å². The number of fused-ring (bicyclic) bond motifs is 1.